The van der Waals surface area contributed by atoms with Gasteiger partial charge in [-0.25, -0.2) is 5.90 Å². The normalized spacial score (nSPS) is 10.4. The summed E-state index contributed by atoms with van der Waals surface area (Å²) >= 11 is 3.48. The first-order chi connectivity index (χ1) is 7.22. The van der Waals surface area contributed by atoms with Crippen LogP contribution in [0.15, 0.2) is 16.6 Å². The van der Waals surface area contributed by atoms with Crippen LogP contribution in [0.1, 0.15) is 18.1 Å². The van der Waals surface area contributed by atoms with Gasteiger partial charge in [-0.1, -0.05) is 22.9 Å². The van der Waals surface area contributed by atoms with Gasteiger partial charge in [0.05, 0.1) is 13.7 Å². The van der Waals surface area contributed by atoms with Crippen LogP contribution in [0.4, 0.5) is 0 Å². The zero-order valence-corrected chi connectivity index (χ0v) is 10.6. The Balaban J connectivity index is 3.05. The molecule has 0 aliphatic heterocycles. The Morgan fingerprint density at radius 1 is 1.33 bits per heavy atom. The maximum absolute atomic E-state index is 5.40. The molecule has 0 fully saturated rings. The smallest absolute Gasteiger partial charge is 0.125 e. The number of nitrogens with two attached hydrogens (primary N) is 1. The molecule has 0 radical (unpaired) electrons. The molecule has 15 heavy (non-hydrogen) atoms. The van der Waals surface area contributed by atoms with Gasteiger partial charge in [-0.2, -0.15) is 0 Å². The molecule has 0 aliphatic rings. The fourth-order valence-corrected chi connectivity index (χ4v) is 2.14. The molecule has 84 valence electrons. The van der Waals surface area contributed by atoms with Crippen molar-refractivity contribution in [3.8, 4) is 5.75 Å². The predicted octanol–water partition coefficient (Wildman–Crippen LogP) is 2.45. The minimum atomic E-state index is 0.496. The molecule has 4 heteroatoms. The van der Waals surface area contributed by atoms with E-state index in [1.807, 2.05) is 6.07 Å². The van der Waals surface area contributed by atoms with E-state index < -0.39 is 0 Å². The zero-order chi connectivity index (χ0) is 11.3. The van der Waals surface area contributed by atoms with E-state index in [2.05, 4.69) is 33.8 Å². The third-order valence-electron chi connectivity index (χ3n) is 2.28. The highest BCUT2D eigenvalue weighted by molar-refractivity contribution is 9.10. The third-order valence-corrected chi connectivity index (χ3v) is 2.74. The van der Waals surface area contributed by atoms with Gasteiger partial charge in [0, 0.05) is 10.9 Å². The highest BCUT2D eigenvalue weighted by Gasteiger charge is 2.09. The molecule has 0 aliphatic carbocycles. The van der Waals surface area contributed by atoms with Crippen molar-refractivity contribution in [3.05, 3.63) is 27.7 Å². The summed E-state index contributed by atoms with van der Waals surface area (Å²) in [4.78, 5) is 4.59. The number of ether oxygens (including phenoxy) is 1. The van der Waals surface area contributed by atoms with Gasteiger partial charge in [-0.3, -0.25) is 0 Å². The van der Waals surface area contributed by atoms with E-state index in [0.29, 0.717) is 6.61 Å². The number of halogens is 1. The highest BCUT2D eigenvalue weighted by Crippen LogP contribution is 2.29. The van der Waals surface area contributed by atoms with E-state index in [1.54, 1.807) is 7.11 Å². The summed E-state index contributed by atoms with van der Waals surface area (Å²) in [5, 5.41) is 0. The molecule has 0 spiro atoms. The van der Waals surface area contributed by atoms with E-state index in [4.69, 9.17) is 10.6 Å². The molecule has 2 N–H and O–H groups in total. The van der Waals surface area contributed by atoms with Gasteiger partial charge in [-0.15, -0.1) is 0 Å². The van der Waals surface area contributed by atoms with Crippen molar-refractivity contribution in [2.75, 3.05) is 13.7 Å². The fourth-order valence-electron chi connectivity index (χ4n) is 1.59. The maximum Gasteiger partial charge on any atom is 0.125 e. The lowest BCUT2D eigenvalue weighted by molar-refractivity contribution is 0.140. The average molecular weight is 274 g/mol. The van der Waals surface area contributed by atoms with Crippen molar-refractivity contribution in [1.82, 2.24) is 0 Å². The van der Waals surface area contributed by atoms with Gasteiger partial charge >= 0.3 is 0 Å². The average Bonchev–Trinajstić information content (AvgIpc) is 2.25. The maximum atomic E-state index is 5.40. The second kappa shape index (κ2) is 6.10. The molecule has 3 nitrogen and oxygen atoms in total. The van der Waals surface area contributed by atoms with Crippen LogP contribution in [-0.4, -0.2) is 13.7 Å². The van der Waals surface area contributed by atoms with Crippen molar-refractivity contribution < 1.29 is 9.57 Å². The summed E-state index contributed by atoms with van der Waals surface area (Å²) in [6.07, 6.45) is 1.70. The van der Waals surface area contributed by atoms with Gasteiger partial charge in [0.15, 0.2) is 0 Å². The van der Waals surface area contributed by atoms with Gasteiger partial charge in [0.2, 0.25) is 0 Å². The lowest BCUT2D eigenvalue weighted by Gasteiger charge is -2.13. The van der Waals surface area contributed by atoms with Crippen LogP contribution < -0.4 is 10.6 Å². The Labute approximate surface area is 98.6 Å². The first kappa shape index (κ1) is 12.5. The largest absolute Gasteiger partial charge is 0.496 e. The molecule has 0 amide bonds. The fraction of sp³-hybridized carbons (Fsp3) is 0.455. The SMILES string of the molecule is CCc1cc(Br)cc(CCON)c1OC. The summed E-state index contributed by atoms with van der Waals surface area (Å²) in [6, 6.07) is 4.11. The van der Waals surface area contributed by atoms with Gasteiger partial charge < -0.3 is 9.57 Å². The van der Waals surface area contributed by atoms with Crippen molar-refractivity contribution in [2.45, 2.75) is 19.8 Å². The van der Waals surface area contributed by atoms with Gasteiger partial charge in [-0.05, 0) is 29.7 Å². The molecule has 0 bridgehead atoms. The lowest BCUT2D eigenvalue weighted by Crippen LogP contribution is -2.06. The van der Waals surface area contributed by atoms with Crippen LogP contribution in [0.3, 0.4) is 0 Å². The van der Waals surface area contributed by atoms with Crippen LogP contribution in [0, 0.1) is 0 Å². The molecule has 0 aromatic heterocycles. The summed E-state index contributed by atoms with van der Waals surface area (Å²) in [5.74, 6) is 5.97. The second-order valence-corrected chi connectivity index (χ2v) is 4.15. The van der Waals surface area contributed by atoms with Crippen LogP contribution in [0.2, 0.25) is 0 Å². The van der Waals surface area contributed by atoms with E-state index in [1.165, 1.54) is 5.56 Å². The molecule has 1 aromatic carbocycles. The number of benzene rings is 1. The molecule has 0 atom stereocenters. The van der Waals surface area contributed by atoms with Gasteiger partial charge in [0.25, 0.3) is 0 Å². The van der Waals surface area contributed by atoms with Crippen molar-refractivity contribution >= 4 is 15.9 Å². The monoisotopic (exact) mass is 273 g/mol. The summed E-state index contributed by atoms with van der Waals surface area (Å²) in [7, 11) is 1.69. The molecular weight excluding hydrogens is 258 g/mol. The summed E-state index contributed by atoms with van der Waals surface area (Å²) < 4.78 is 6.46. The highest BCUT2D eigenvalue weighted by atomic mass is 79.9. The van der Waals surface area contributed by atoms with Gasteiger partial charge in [0.1, 0.15) is 5.75 Å². The number of hydrogen-bond acceptors (Lipinski definition) is 3. The second-order valence-electron chi connectivity index (χ2n) is 3.23. The van der Waals surface area contributed by atoms with Crippen LogP contribution >= 0.6 is 15.9 Å². The van der Waals surface area contributed by atoms with E-state index in [-0.39, 0.29) is 0 Å². The number of hydrogen-bond donors (Lipinski definition) is 1. The number of rotatable bonds is 5. The predicted molar refractivity (Wildman–Crippen MR) is 63.9 cm³/mol. The van der Waals surface area contributed by atoms with Crippen LogP contribution in [-0.2, 0) is 17.7 Å². The Hall–Kier alpha value is -0.580. The topological polar surface area (TPSA) is 44.5 Å². The molecular formula is C11H16BrNO2. The molecule has 0 heterocycles. The van der Waals surface area contributed by atoms with Crippen LogP contribution in [0.25, 0.3) is 0 Å². The first-order valence-electron chi connectivity index (χ1n) is 4.89. The molecule has 0 unspecified atom stereocenters. The number of methoxy groups -OCH3 is 1. The standard InChI is InChI=1S/C11H16BrNO2/c1-3-8-6-10(12)7-9(4-5-15-13)11(8)14-2/h6-7H,3-5,13H2,1-2H3. The Morgan fingerprint density at radius 2 is 2.00 bits per heavy atom. The van der Waals surface area contributed by atoms with Crippen LogP contribution in [0.5, 0.6) is 5.75 Å². The molecule has 0 saturated heterocycles. The molecule has 1 rings (SSSR count). The molecule has 1 aromatic rings. The Bertz CT molecular complexity index is 329. The van der Waals surface area contributed by atoms with E-state index >= 15 is 0 Å². The number of aryl methyl sites for hydroxylation is 1. The minimum Gasteiger partial charge on any atom is -0.496 e. The minimum absolute atomic E-state index is 0.496. The van der Waals surface area contributed by atoms with Crippen molar-refractivity contribution in [3.63, 3.8) is 0 Å². The van der Waals surface area contributed by atoms with Crippen molar-refractivity contribution in [1.29, 1.82) is 0 Å². The lowest BCUT2D eigenvalue weighted by atomic mass is 10.0. The van der Waals surface area contributed by atoms with Crippen molar-refractivity contribution in [2.24, 2.45) is 5.90 Å². The summed E-state index contributed by atoms with van der Waals surface area (Å²) in [5.41, 5.74) is 2.31. The quantitative estimate of drug-likeness (QED) is 0.839. The van der Waals surface area contributed by atoms with E-state index in [9.17, 15) is 0 Å². The summed E-state index contributed by atoms with van der Waals surface area (Å²) in [6.45, 7) is 2.60. The molecule has 0 saturated carbocycles. The van der Waals surface area contributed by atoms with E-state index in [0.717, 1.165) is 28.6 Å². The first-order valence-corrected chi connectivity index (χ1v) is 5.69. The third kappa shape index (κ3) is 3.19. The zero-order valence-electron chi connectivity index (χ0n) is 9.05. The Morgan fingerprint density at radius 3 is 2.53 bits per heavy atom. The Kier molecular flexibility index (Phi) is 5.08.